The van der Waals surface area contributed by atoms with E-state index in [0.29, 0.717) is 23.3 Å². The third-order valence-corrected chi connectivity index (χ3v) is 6.98. The van der Waals surface area contributed by atoms with Crippen molar-refractivity contribution < 1.29 is 12.9 Å². The van der Waals surface area contributed by atoms with Crippen molar-refractivity contribution in [2.45, 2.75) is 43.5 Å². The van der Waals surface area contributed by atoms with Crippen molar-refractivity contribution in [3.8, 4) is 0 Å². The number of fused-ring (bicyclic) bond motifs is 1. The number of benzene rings is 1. The topological polar surface area (TPSA) is 89.2 Å². The molecular formula is C16H18N4O3S2. The van der Waals surface area contributed by atoms with Crippen LogP contribution in [0.5, 0.6) is 0 Å². The molecule has 0 aliphatic carbocycles. The van der Waals surface area contributed by atoms with Gasteiger partial charge < -0.3 is 4.52 Å². The Bertz CT molecular complexity index is 1010. The van der Waals surface area contributed by atoms with Gasteiger partial charge in [-0.25, -0.2) is 8.42 Å². The molecule has 1 fully saturated rings. The van der Waals surface area contributed by atoms with Crippen LogP contribution in [0.4, 0.5) is 0 Å². The number of sulfonamides is 1. The van der Waals surface area contributed by atoms with Crippen LogP contribution in [0, 0.1) is 0 Å². The summed E-state index contributed by atoms with van der Waals surface area (Å²) in [5.41, 5.74) is 1.71. The standard InChI is InChI=1S/C16H18N4O3S2/c1-10(2)14-9-12(17-23-14)13-6-4-8-20(13)25(21,22)15-7-3-5-11-16(15)19-24-18-11/h3,5,7,9-10,13H,4,6,8H2,1-2H3/t13-/m0/s1. The van der Waals surface area contributed by atoms with Gasteiger partial charge in [0.1, 0.15) is 27.4 Å². The molecule has 1 aromatic carbocycles. The monoisotopic (exact) mass is 378 g/mol. The summed E-state index contributed by atoms with van der Waals surface area (Å²) in [4.78, 5) is 0.207. The van der Waals surface area contributed by atoms with E-state index in [1.54, 1.807) is 18.2 Å². The summed E-state index contributed by atoms with van der Waals surface area (Å²) in [6, 6.07) is 6.63. The molecule has 0 radical (unpaired) electrons. The molecular weight excluding hydrogens is 360 g/mol. The highest BCUT2D eigenvalue weighted by Crippen LogP contribution is 2.38. The second kappa shape index (κ2) is 6.15. The molecule has 9 heteroatoms. The molecule has 7 nitrogen and oxygen atoms in total. The number of hydrogen-bond donors (Lipinski definition) is 0. The first-order valence-electron chi connectivity index (χ1n) is 8.18. The Balaban J connectivity index is 1.75. The highest BCUT2D eigenvalue weighted by atomic mass is 32.2. The van der Waals surface area contributed by atoms with Crippen molar-refractivity contribution in [2.75, 3.05) is 6.54 Å². The molecule has 1 aliphatic rings. The van der Waals surface area contributed by atoms with Crippen LogP contribution in [0.3, 0.4) is 0 Å². The number of aromatic nitrogens is 3. The van der Waals surface area contributed by atoms with E-state index in [-0.39, 0.29) is 16.9 Å². The average Bonchev–Trinajstić information content (AvgIpc) is 3.31. The Labute approximate surface area is 150 Å². The fraction of sp³-hybridized carbons (Fsp3) is 0.438. The van der Waals surface area contributed by atoms with Gasteiger partial charge in [-0.15, -0.1) is 0 Å². The largest absolute Gasteiger partial charge is 0.361 e. The molecule has 1 aliphatic heterocycles. The summed E-state index contributed by atoms with van der Waals surface area (Å²) in [7, 11) is -3.69. The normalized spacial score (nSPS) is 19.2. The van der Waals surface area contributed by atoms with E-state index in [1.165, 1.54) is 4.31 Å². The molecule has 0 amide bonds. The molecule has 0 spiro atoms. The predicted octanol–water partition coefficient (Wildman–Crippen LogP) is 3.33. The van der Waals surface area contributed by atoms with Crippen molar-refractivity contribution in [2.24, 2.45) is 0 Å². The molecule has 132 valence electrons. The van der Waals surface area contributed by atoms with E-state index in [1.807, 2.05) is 19.9 Å². The summed E-state index contributed by atoms with van der Waals surface area (Å²) in [6.07, 6.45) is 1.52. The molecule has 0 N–H and O–H groups in total. The van der Waals surface area contributed by atoms with E-state index >= 15 is 0 Å². The minimum Gasteiger partial charge on any atom is -0.361 e. The van der Waals surface area contributed by atoms with Gasteiger partial charge in [0.25, 0.3) is 0 Å². The van der Waals surface area contributed by atoms with Crippen LogP contribution >= 0.6 is 11.7 Å². The minimum atomic E-state index is -3.69. The smallest absolute Gasteiger partial charge is 0.245 e. The van der Waals surface area contributed by atoms with E-state index in [4.69, 9.17) is 4.52 Å². The van der Waals surface area contributed by atoms with Gasteiger partial charge in [0.15, 0.2) is 0 Å². The van der Waals surface area contributed by atoms with Gasteiger partial charge in [0, 0.05) is 18.5 Å². The summed E-state index contributed by atoms with van der Waals surface area (Å²) >= 11 is 1.02. The van der Waals surface area contributed by atoms with Crippen molar-refractivity contribution in [1.82, 2.24) is 18.2 Å². The van der Waals surface area contributed by atoms with Crippen LogP contribution in [-0.2, 0) is 10.0 Å². The summed E-state index contributed by atoms with van der Waals surface area (Å²) in [5, 5.41) is 4.12. The molecule has 2 aromatic heterocycles. The fourth-order valence-corrected chi connectivity index (χ4v) is 5.60. The van der Waals surface area contributed by atoms with Crippen molar-refractivity contribution in [3.63, 3.8) is 0 Å². The first kappa shape index (κ1) is 16.6. The molecule has 3 aromatic rings. The van der Waals surface area contributed by atoms with E-state index in [2.05, 4.69) is 13.9 Å². The van der Waals surface area contributed by atoms with Crippen molar-refractivity contribution in [1.29, 1.82) is 0 Å². The third kappa shape index (κ3) is 2.76. The quantitative estimate of drug-likeness (QED) is 0.692. The lowest BCUT2D eigenvalue weighted by molar-refractivity contribution is 0.338. The molecule has 0 unspecified atom stereocenters. The highest BCUT2D eigenvalue weighted by molar-refractivity contribution is 7.89. The van der Waals surface area contributed by atoms with Gasteiger partial charge in [0.05, 0.1) is 17.8 Å². The lowest BCUT2D eigenvalue weighted by Gasteiger charge is -2.22. The zero-order valence-corrected chi connectivity index (χ0v) is 15.5. The minimum absolute atomic E-state index is 0.207. The van der Waals surface area contributed by atoms with E-state index < -0.39 is 10.0 Å². The second-order valence-electron chi connectivity index (χ2n) is 6.47. The van der Waals surface area contributed by atoms with Crippen LogP contribution in [0.2, 0.25) is 0 Å². The summed E-state index contributed by atoms with van der Waals surface area (Å²) < 4.78 is 41.7. The fourth-order valence-electron chi connectivity index (χ4n) is 3.17. The maximum absolute atomic E-state index is 13.3. The second-order valence-corrected chi connectivity index (χ2v) is 8.86. The molecule has 1 atom stereocenters. The van der Waals surface area contributed by atoms with Crippen LogP contribution in [-0.4, -0.2) is 33.2 Å². The third-order valence-electron chi connectivity index (χ3n) is 4.50. The molecule has 0 bridgehead atoms. The van der Waals surface area contributed by atoms with Crippen LogP contribution in [0.1, 0.15) is 50.1 Å². The Morgan fingerprint density at radius 2 is 2.16 bits per heavy atom. The molecule has 25 heavy (non-hydrogen) atoms. The van der Waals surface area contributed by atoms with Crippen LogP contribution in [0.25, 0.3) is 11.0 Å². The first-order chi connectivity index (χ1) is 12.0. The zero-order chi connectivity index (χ0) is 17.6. The SMILES string of the molecule is CC(C)c1cc([C@@H]2CCCN2S(=O)(=O)c2cccc3nsnc23)no1. The van der Waals surface area contributed by atoms with Gasteiger partial charge in [-0.2, -0.15) is 13.1 Å². The Kier molecular flexibility index (Phi) is 4.09. The Hall–Kier alpha value is -1.84. The van der Waals surface area contributed by atoms with Crippen LogP contribution in [0.15, 0.2) is 33.7 Å². The van der Waals surface area contributed by atoms with E-state index in [0.717, 1.165) is 30.3 Å². The Morgan fingerprint density at radius 3 is 2.92 bits per heavy atom. The number of hydrogen-bond acceptors (Lipinski definition) is 7. The maximum atomic E-state index is 13.3. The van der Waals surface area contributed by atoms with E-state index in [9.17, 15) is 8.42 Å². The highest BCUT2D eigenvalue weighted by Gasteiger charge is 2.39. The summed E-state index contributed by atoms with van der Waals surface area (Å²) in [6.45, 7) is 4.50. The number of nitrogens with zero attached hydrogens (tertiary/aromatic N) is 4. The average molecular weight is 378 g/mol. The Morgan fingerprint density at radius 1 is 1.32 bits per heavy atom. The number of rotatable bonds is 4. The van der Waals surface area contributed by atoms with Gasteiger partial charge in [0.2, 0.25) is 10.0 Å². The lowest BCUT2D eigenvalue weighted by Crippen LogP contribution is -2.31. The van der Waals surface area contributed by atoms with Gasteiger partial charge >= 0.3 is 0 Å². The van der Waals surface area contributed by atoms with Crippen molar-refractivity contribution in [3.05, 3.63) is 35.7 Å². The van der Waals surface area contributed by atoms with Gasteiger partial charge in [-0.05, 0) is 25.0 Å². The lowest BCUT2D eigenvalue weighted by atomic mass is 10.1. The molecule has 1 saturated heterocycles. The molecule has 4 rings (SSSR count). The van der Waals surface area contributed by atoms with Gasteiger partial charge in [-0.1, -0.05) is 25.1 Å². The van der Waals surface area contributed by atoms with Crippen molar-refractivity contribution >= 4 is 32.8 Å². The van der Waals surface area contributed by atoms with Gasteiger partial charge in [-0.3, -0.25) is 0 Å². The zero-order valence-electron chi connectivity index (χ0n) is 13.9. The summed E-state index contributed by atoms with van der Waals surface area (Å²) in [5.74, 6) is 0.979. The molecule has 0 saturated carbocycles. The molecule has 3 heterocycles. The first-order valence-corrected chi connectivity index (χ1v) is 10.3. The predicted molar refractivity (Wildman–Crippen MR) is 93.9 cm³/mol. The maximum Gasteiger partial charge on any atom is 0.245 e. The van der Waals surface area contributed by atoms with Crippen LogP contribution < -0.4 is 0 Å².